The molecule has 8 heteroatoms. The second-order valence-electron chi connectivity index (χ2n) is 12.2. The van der Waals surface area contributed by atoms with Gasteiger partial charge in [0, 0.05) is 52.9 Å². The summed E-state index contributed by atoms with van der Waals surface area (Å²) in [6, 6.07) is 22.3. The Hall–Kier alpha value is -4.46. The molecule has 1 unspecified atom stereocenters. The van der Waals surface area contributed by atoms with Crippen molar-refractivity contribution in [1.29, 1.82) is 0 Å². The summed E-state index contributed by atoms with van der Waals surface area (Å²) >= 11 is 0. The Bertz CT molecular complexity index is 1740. The average Bonchev–Trinajstić information content (AvgIpc) is 3.33. The van der Waals surface area contributed by atoms with Gasteiger partial charge in [-0.1, -0.05) is 63.8 Å². The third kappa shape index (κ3) is 5.81. The summed E-state index contributed by atoms with van der Waals surface area (Å²) in [6.45, 7) is 8.16. The minimum Gasteiger partial charge on any atom is -0.456 e. The quantitative estimate of drug-likeness (QED) is 0.132. The molecule has 0 radical (unpaired) electrons. The molecule has 2 aliphatic heterocycles. The lowest BCUT2D eigenvalue weighted by atomic mass is 9.77. The molecular weight excluding hydrogens is 589 g/mol. The molecule has 1 atom stereocenters. The van der Waals surface area contributed by atoms with Crippen LogP contribution in [0.2, 0.25) is 0 Å². The number of hydrogen-bond donors (Lipinski definition) is 1. The van der Waals surface area contributed by atoms with Crippen LogP contribution in [0.15, 0.2) is 78.9 Å². The number of unbranched alkanes of at least 4 members (excludes halogenated alkanes) is 4. The molecule has 2 heterocycles. The van der Waals surface area contributed by atoms with Crippen LogP contribution >= 0.6 is 0 Å². The third-order valence-electron chi connectivity index (χ3n) is 8.94. The predicted octanol–water partition coefficient (Wildman–Crippen LogP) is 10.5. The van der Waals surface area contributed by atoms with E-state index in [0.717, 1.165) is 75.0 Å². The lowest BCUT2D eigenvalue weighted by molar-refractivity contribution is -0.137. The van der Waals surface area contributed by atoms with Crippen LogP contribution in [-0.2, 0) is 16.5 Å². The van der Waals surface area contributed by atoms with Crippen molar-refractivity contribution < 1.29 is 27.4 Å². The highest BCUT2D eigenvalue weighted by Gasteiger charge is 2.53. The fraction of sp³-hybridized carbons (Fsp3) is 0.342. The molecule has 0 aromatic heterocycles. The first-order valence-corrected chi connectivity index (χ1v) is 16.1. The number of benzene rings is 4. The van der Waals surface area contributed by atoms with Crippen LogP contribution in [0.25, 0.3) is 0 Å². The second kappa shape index (κ2) is 12.7. The van der Waals surface area contributed by atoms with Gasteiger partial charge in [0.2, 0.25) is 0 Å². The maximum atomic E-state index is 13.5. The molecule has 5 nitrogen and oxygen atoms in total. The van der Waals surface area contributed by atoms with Gasteiger partial charge in [-0.2, -0.15) is 13.2 Å². The Balaban J connectivity index is 1.46. The van der Waals surface area contributed by atoms with Gasteiger partial charge in [-0.25, -0.2) is 4.79 Å². The van der Waals surface area contributed by atoms with Gasteiger partial charge in [-0.3, -0.25) is 0 Å². The van der Waals surface area contributed by atoms with E-state index in [2.05, 4.69) is 36.2 Å². The maximum absolute atomic E-state index is 13.5. The number of fused-ring (bicyclic) bond motifs is 6. The Morgan fingerprint density at radius 1 is 0.783 bits per heavy atom. The predicted molar refractivity (Wildman–Crippen MR) is 175 cm³/mol. The van der Waals surface area contributed by atoms with E-state index < -0.39 is 23.3 Å². The molecule has 0 amide bonds. The first-order valence-electron chi connectivity index (χ1n) is 16.1. The molecule has 0 fully saturated rings. The van der Waals surface area contributed by atoms with E-state index in [1.807, 2.05) is 43.3 Å². The fourth-order valence-corrected chi connectivity index (χ4v) is 6.54. The number of anilines is 3. The molecule has 1 spiro atoms. The molecule has 0 aliphatic carbocycles. The van der Waals surface area contributed by atoms with Crippen molar-refractivity contribution in [2.24, 2.45) is 0 Å². The SMILES string of the molecule is CCCCCN(CCCCC)c1ccc2c(c1)Oc1cc(C)c(Nc3cccc(C(F)(F)F)c3)cc1C21OC(=O)c2ccccc21. The Morgan fingerprint density at radius 2 is 1.50 bits per heavy atom. The van der Waals surface area contributed by atoms with Gasteiger partial charge < -0.3 is 19.7 Å². The molecule has 240 valence electrons. The molecule has 2 aliphatic rings. The van der Waals surface area contributed by atoms with E-state index in [4.69, 9.17) is 9.47 Å². The van der Waals surface area contributed by atoms with Crippen LogP contribution in [0, 0.1) is 6.92 Å². The minimum absolute atomic E-state index is 0.295. The highest BCUT2D eigenvalue weighted by atomic mass is 19.4. The molecule has 0 saturated carbocycles. The van der Waals surface area contributed by atoms with Crippen LogP contribution in [0.3, 0.4) is 0 Å². The van der Waals surface area contributed by atoms with Gasteiger partial charge in [0.05, 0.1) is 11.1 Å². The van der Waals surface area contributed by atoms with E-state index in [1.165, 1.54) is 6.07 Å². The Kier molecular flexibility index (Phi) is 8.73. The highest BCUT2D eigenvalue weighted by Crippen LogP contribution is 2.57. The maximum Gasteiger partial charge on any atom is 0.416 e. The number of halogens is 3. The van der Waals surface area contributed by atoms with E-state index >= 15 is 0 Å². The molecular formula is C38H39F3N2O3. The summed E-state index contributed by atoms with van der Waals surface area (Å²) in [5.41, 5.74) is 3.16. The van der Waals surface area contributed by atoms with Crippen molar-refractivity contribution in [3.63, 3.8) is 0 Å². The number of nitrogens with one attached hydrogen (secondary N) is 1. The topological polar surface area (TPSA) is 50.8 Å². The van der Waals surface area contributed by atoms with Crippen LogP contribution in [0.5, 0.6) is 11.5 Å². The zero-order valence-corrected chi connectivity index (χ0v) is 26.5. The monoisotopic (exact) mass is 628 g/mol. The number of carbonyl (C=O) groups excluding carboxylic acids is 1. The average molecular weight is 629 g/mol. The molecule has 6 rings (SSSR count). The lowest BCUT2D eigenvalue weighted by Crippen LogP contribution is -2.33. The van der Waals surface area contributed by atoms with Gasteiger partial charge in [0.1, 0.15) is 11.5 Å². The van der Waals surface area contributed by atoms with Crippen molar-refractivity contribution in [3.05, 3.63) is 112 Å². The smallest absolute Gasteiger partial charge is 0.416 e. The number of carbonyl (C=O) groups is 1. The van der Waals surface area contributed by atoms with E-state index in [-0.39, 0.29) is 0 Å². The van der Waals surface area contributed by atoms with Gasteiger partial charge in [-0.15, -0.1) is 0 Å². The molecule has 0 bridgehead atoms. The van der Waals surface area contributed by atoms with Gasteiger partial charge >= 0.3 is 12.1 Å². The van der Waals surface area contributed by atoms with Crippen molar-refractivity contribution >= 4 is 23.0 Å². The summed E-state index contributed by atoms with van der Waals surface area (Å²) in [6.07, 6.45) is 2.33. The van der Waals surface area contributed by atoms with Gasteiger partial charge in [-0.05, 0) is 73.9 Å². The fourth-order valence-electron chi connectivity index (χ4n) is 6.54. The summed E-state index contributed by atoms with van der Waals surface area (Å²) in [4.78, 5) is 15.8. The highest BCUT2D eigenvalue weighted by molar-refractivity contribution is 5.97. The molecule has 4 aromatic carbocycles. The zero-order chi connectivity index (χ0) is 32.5. The van der Waals surface area contributed by atoms with E-state index in [0.29, 0.717) is 45.1 Å². The standard InChI is InChI=1S/C38H39F3N2O3/c1-4-6-10-19-43(20-11-7-5-2)28-17-18-31-35(23-28)45-34-21-25(3)33(42-27-14-12-13-26(22-27)38(39,40)41)24-32(34)37(31)30-16-9-8-15-29(30)36(44)46-37/h8-9,12-18,21-24,42H,4-7,10-11,19-20H2,1-3H3. The number of rotatable bonds is 11. The largest absolute Gasteiger partial charge is 0.456 e. The van der Waals surface area contributed by atoms with Gasteiger partial charge in [0.25, 0.3) is 0 Å². The summed E-state index contributed by atoms with van der Waals surface area (Å²) < 4.78 is 53.4. The van der Waals surface area contributed by atoms with Crippen LogP contribution in [-0.4, -0.2) is 19.1 Å². The van der Waals surface area contributed by atoms with Crippen LogP contribution in [0.1, 0.15) is 90.5 Å². The molecule has 4 aromatic rings. The molecule has 0 saturated heterocycles. The number of aryl methyl sites for hydroxylation is 1. The third-order valence-corrected chi connectivity index (χ3v) is 8.94. The summed E-state index contributed by atoms with van der Waals surface area (Å²) in [7, 11) is 0. The zero-order valence-electron chi connectivity index (χ0n) is 26.5. The number of nitrogens with zero attached hydrogens (tertiary/aromatic N) is 1. The van der Waals surface area contributed by atoms with Crippen LogP contribution in [0.4, 0.5) is 30.2 Å². The number of hydrogen-bond acceptors (Lipinski definition) is 5. The summed E-state index contributed by atoms with van der Waals surface area (Å²) in [5.74, 6) is 0.709. The van der Waals surface area contributed by atoms with Gasteiger partial charge in [0.15, 0.2) is 5.60 Å². The van der Waals surface area contributed by atoms with Crippen molar-refractivity contribution in [3.8, 4) is 11.5 Å². The second-order valence-corrected chi connectivity index (χ2v) is 12.2. The van der Waals surface area contributed by atoms with Crippen molar-refractivity contribution in [2.75, 3.05) is 23.3 Å². The lowest BCUT2D eigenvalue weighted by Gasteiger charge is -2.38. The number of alkyl halides is 3. The Morgan fingerprint density at radius 3 is 2.22 bits per heavy atom. The number of esters is 1. The Labute approximate surface area is 268 Å². The van der Waals surface area contributed by atoms with E-state index in [9.17, 15) is 18.0 Å². The molecule has 46 heavy (non-hydrogen) atoms. The van der Waals surface area contributed by atoms with Crippen molar-refractivity contribution in [2.45, 2.75) is 71.1 Å². The first kappa shape index (κ1) is 31.5. The first-order chi connectivity index (χ1) is 22.2. The summed E-state index contributed by atoms with van der Waals surface area (Å²) in [5, 5.41) is 3.17. The van der Waals surface area contributed by atoms with E-state index in [1.54, 1.807) is 12.1 Å². The van der Waals surface area contributed by atoms with Crippen LogP contribution < -0.4 is 15.0 Å². The number of ether oxygens (including phenoxy) is 2. The molecule has 1 N–H and O–H groups in total. The minimum atomic E-state index is -4.47. The normalized spacial score (nSPS) is 16.3. The van der Waals surface area contributed by atoms with Crippen molar-refractivity contribution in [1.82, 2.24) is 0 Å².